The van der Waals surface area contributed by atoms with Crippen molar-refractivity contribution in [1.82, 2.24) is 4.98 Å². The van der Waals surface area contributed by atoms with Gasteiger partial charge in [0.1, 0.15) is 0 Å². The lowest BCUT2D eigenvalue weighted by atomic mass is 10.2. The normalized spacial score (nSPS) is 10.6. The average molecular weight is 225 g/mol. The summed E-state index contributed by atoms with van der Waals surface area (Å²) < 4.78 is 0. The van der Waals surface area contributed by atoms with E-state index >= 15 is 0 Å². The van der Waals surface area contributed by atoms with Gasteiger partial charge in [0, 0.05) is 6.20 Å². The largest absolute Gasteiger partial charge is 0.478 e. The first-order valence-corrected chi connectivity index (χ1v) is 5.90. The second-order valence-electron chi connectivity index (χ2n) is 3.72. The zero-order valence-electron chi connectivity index (χ0n) is 8.93. The second-order valence-corrected chi connectivity index (χ2v) is 4.83. The Balaban J connectivity index is 2.54. The van der Waals surface area contributed by atoms with Gasteiger partial charge < -0.3 is 5.11 Å². The van der Waals surface area contributed by atoms with Crippen molar-refractivity contribution in [3.63, 3.8) is 0 Å². The van der Waals surface area contributed by atoms with Crippen LogP contribution < -0.4 is 0 Å². The number of aromatic nitrogens is 1. The number of carboxylic acid groups (broad SMARTS) is 1. The molecular weight excluding hydrogens is 210 g/mol. The van der Waals surface area contributed by atoms with Crippen LogP contribution in [0.2, 0.25) is 0 Å². The number of carboxylic acids is 1. The van der Waals surface area contributed by atoms with Crippen molar-refractivity contribution in [2.75, 3.05) is 5.75 Å². The SMILES string of the molecule is CC(C)CCSc1cc(C(=O)O)ccn1. The predicted molar refractivity (Wildman–Crippen MR) is 61.4 cm³/mol. The van der Waals surface area contributed by atoms with E-state index in [1.165, 1.54) is 6.07 Å². The molecule has 1 N–H and O–H groups in total. The molecule has 0 unspecified atom stereocenters. The molecule has 0 aliphatic heterocycles. The van der Waals surface area contributed by atoms with Gasteiger partial charge in [-0.1, -0.05) is 13.8 Å². The summed E-state index contributed by atoms with van der Waals surface area (Å²) in [5.74, 6) is 0.747. The molecule has 82 valence electrons. The molecule has 1 heterocycles. The highest BCUT2D eigenvalue weighted by atomic mass is 32.2. The lowest BCUT2D eigenvalue weighted by Gasteiger charge is -2.04. The van der Waals surface area contributed by atoms with Gasteiger partial charge in [-0.15, -0.1) is 11.8 Å². The van der Waals surface area contributed by atoms with E-state index in [1.54, 1.807) is 24.0 Å². The zero-order valence-corrected chi connectivity index (χ0v) is 9.75. The van der Waals surface area contributed by atoms with Crippen LogP contribution in [0.4, 0.5) is 0 Å². The Morgan fingerprint density at radius 2 is 2.33 bits per heavy atom. The molecular formula is C11H15NO2S. The van der Waals surface area contributed by atoms with Crippen molar-refractivity contribution in [2.24, 2.45) is 5.92 Å². The van der Waals surface area contributed by atoms with Crippen molar-refractivity contribution in [3.8, 4) is 0 Å². The summed E-state index contributed by atoms with van der Waals surface area (Å²) in [5.41, 5.74) is 0.303. The summed E-state index contributed by atoms with van der Waals surface area (Å²) >= 11 is 1.61. The predicted octanol–water partition coefficient (Wildman–Crippen LogP) is 2.92. The summed E-state index contributed by atoms with van der Waals surface area (Å²) in [5, 5.41) is 9.57. The first kappa shape index (κ1) is 12.0. The Labute approximate surface area is 93.9 Å². The van der Waals surface area contributed by atoms with E-state index in [-0.39, 0.29) is 0 Å². The maximum Gasteiger partial charge on any atom is 0.335 e. The molecule has 0 fully saturated rings. The number of thioether (sulfide) groups is 1. The molecule has 1 aromatic rings. The minimum Gasteiger partial charge on any atom is -0.478 e. The van der Waals surface area contributed by atoms with Crippen LogP contribution in [0.1, 0.15) is 30.6 Å². The topological polar surface area (TPSA) is 50.2 Å². The van der Waals surface area contributed by atoms with E-state index in [9.17, 15) is 4.79 Å². The molecule has 0 aliphatic carbocycles. The fraction of sp³-hybridized carbons (Fsp3) is 0.455. The highest BCUT2D eigenvalue weighted by Gasteiger charge is 2.04. The van der Waals surface area contributed by atoms with Crippen LogP contribution in [0.3, 0.4) is 0 Å². The van der Waals surface area contributed by atoms with Crippen LogP contribution in [-0.4, -0.2) is 21.8 Å². The molecule has 0 atom stereocenters. The first-order chi connectivity index (χ1) is 7.09. The Kier molecular flexibility index (Phi) is 4.62. The summed E-state index contributed by atoms with van der Waals surface area (Å²) in [7, 11) is 0. The second kappa shape index (κ2) is 5.75. The van der Waals surface area contributed by atoms with Crippen molar-refractivity contribution in [3.05, 3.63) is 23.9 Å². The monoisotopic (exact) mass is 225 g/mol. The molecule has 0 bridgehead atoms. The number of hydrogen-bond donors (Lipinski definition) is 1. The summed E-state index contributed by atoms with van der Waals surface area (Å²) in [6, 6.07) is 3.13. The third-order valence-electron chi connectivity index (χ3n) is 1.93. The zero-order chi connectivity index (χ0) is 11.3. The number of carbonyl (C=O) groups is 1. The van der Waals surface area contributed by atoms with Gasteiger partial charge in [0.05, 0.1) is 10.6 Å². The number of hydrogen-bond acceptors (Lipinski definition) is 3. The van der Waals surface area contributed by atoms with Crippen LogP contribution >= 0.6 is 11.8 Å². The van der Waals surface area contributed by atoms with E-state index in [0.29, 0.717) is 11.5 Å². The van der Waals surface area contributed by atoms with Crippen molar-refractivity contribution >= 4 is 17.7 Å². The van der Waals surface area contributed by atoms with Gasteiger partial charge in [-0.25, -0.2) is 9.78 Å². The Morgan fingerprint density at radius 3 is 2.93 bits per heavy atom. The van der Waals surface area contributed by atoms with Gasteiger partial charge >= 0.3 is 5.97 Å². The molecule has 0 saturated heterocycles. The molecule has 0 aromatic carbocycles. The average Bonchev–Trinajstić information content (AvgIpc) is 2.17. The van der Waals surface area contributed by atoms with Crippen LogP contribution in [0.15, 0.2) is 23.4 Å². The molecule has 15 heavy (non-hydrogen) atoms. The van der Waals surface area contributed by atoms with Crippen LogP contribution in [0, 0.1) is 5.92 Å². The minimum atomic E-state index is -0.900. The fourth-order valence-electron chi connectivity index (χ4n) is 1.02. The number of pyridine rings is 1. The highest BCUT2D eigenvalue weighted by molar-refractivity contribution is 7.99. The quantitative estimate of drug-likeness (QED) is 0.783. The highest BCUT2D eigenvalue weighted by Crippen LogP contribution is 2.18. The Bertz CT molecular complexity index is 339. The lowest BCUT2D eigenvalue weighted by Crippen LogP contribution is -1.97. The third kappa shape index (κ3) is 4.34. The molecule has 3 nitrogen and oxygen atoms in total. The molecule has 0 spiro atoms. The van der Waals surface area contributed by atoms with Gasteiger partial charge in [0.15, 0.2) is 0 Å². The molecule has 1 rings (SSSR count). The van der Waals surface area contributed by atoms with Crippen LogP contribution in [0.5, 0.6) is 0 Å². The molecule has 0 saturated carbocycles. The maximum absolute atomic E-state index is 10.7. The Hall–Kier alpha value is -1.03. The van der Waals surface area contributed by atoms with Gasteiger partial charge in [0.25, 0.3) is 0 Å². The molecule has 0 amide bonds. The van der Waals surface area contributed by atoms with Gasteiger partial charge in [-0.2, -0.15) is 0 Å². The summed E-state index contributed by atoms with van der Waals surface area (Å²) in [4.78, 5) is 14.8. The summed E-state index contributed by atoms with van der Waals surface area (Å²) in [6.45, 7) is 4.34. The van der Waals surface area contributed by atoms with Crippen LogP contribution in [-0.2, 0) is 0 Å². The van der Waals surface area contributed by atoms with Crippen LogP contribution in [0.25, 0.3) is 0 Å². The van der Waals surface area contributed by atoms with Gasteiger partial charge in [-0.05, 0) is 30.2 Å². The number of aromatic carboxylic acids is 1. The minimum absolute atomic E-state index is 0.303. The fourth-order valence-corrected chi connectivity index (χ4v) is 2.16. The standard InChI is InChI=1S/C11H15NO2S/c1-8(2)4-6-15-10-7-9(11(13)14)3-5-12-10/h3,5,7-8H,4,6H2,1-2H3,(H,13,14). The van der Waals surface area contributed by atoms with E-state index in [0.717, 1.165) is 17.2 Å². The summed E-state index contributed by atoms with van der Waals surface area (Å²) in [6.07, 6.45) is 2.66. The number of rotatable bonds is 5. The number of nitrogens with zero attached hydrogens (tertiary/aromatic N) is 1. The molecule has 1 aromatic heterocycles. The third-order valence-corrected chi connectivity index (χ3v) is 2.89. The lowest BCUT2D eigenvalue weighted by molar-refractivity contribution is 0.0696. The van der Waals surface area contributed by atoms with E-state index in [4.69, 9.17) is 5.11 Å². The maximum atomic E-state index is 10.7. The molecule has 0 radical (unpaired) electrons. The van der Waals surface area contributed by atoms with Crippen molar-refractivity contribution < 1.29 is 9.90 Å². The van der Waals surface area contributed by atoms with E-state index < -0.39 is 5.97 Å². The Morgan fingerprint density at radius 1 is 1.60 bits per heavy atom. The smallest absolute Gasteiger partial charge is 0.335 e. The van der Waals surface area contributed by atoms with Gasteiger partial charge in [-0.3, -0.25) is 0 Å². The molecule has 4 heteroatoms. The van der Waals surface area contributed by atoms with E-state index in [2.05, 4.69) is 18.8 Å². The van der Waals surface area contributed by atoms with Gasteiger partial charge in [0.2, 0.25) is 0 Å². The molecule has 0 aliphatic rings. The van der Waals surface area contributed by atoms with Crippen molar-refractivity contribution in [2.45, 2.75) is 25.3 Å². The van der Waals surface area contributed by atoms with E-state index in [1.807, 2.05) is 0 Å². The van der Waals surface area contributed by atoms with Crippen molar-refractivity contribution in [1.29, 1.82) is 0 Å². The first-order valence-electron chi connectivity index (χ1n) is 4.91.